The van der Waals surface area contributed by atoms with Crippen LogP contribution in [0.5, 0.6) is 0 Å². The first kappa shape index (κ1) is 22.5. The van der Waals surface area contributed by atoms with Gasteiger partial charge in [-0.05, 0) is 24.7 Å². The Bertz CT molecular complexity index is 284. The molecule has 0 radical (unpaired) electrons. The van der Waals surface area contributed by atoms with Crippen LogP contribution < -0.4 is 0 Å². The molecule has 0 aliphatic rings. The molecule has 0 aliphatic carbocycles. The second-order valence-electron chi connectivity index (χ2n) is 8.23. The maximum atomic E-state index is 10.7. The van der Waals surface area contributed by atoms with Gasteiger partial charge < -0.3 is 5.11 Å². The molecule has 0 saturated carbocycles. The van der Waals surface area contributed by atoms with Gasteiger partial charge in [0.25, 0.3) is 0 Å². The maximum absolute atomic E-state index is 10.7. The summed E-state index contributed by atoms with van der Waals surface area (Å²) in [4.78, 5) is 10.7. The van der Waals surface area contributed by atoms with Crippen molar-refractivity contribution in [2.24, 2.45) is 11.3 Å². The van der Waals surface area contributed by atoms with Gasteiger partial charge >= 0.3 is 5.97 Å². The van der Waals surface area contributed by atoms with Gasteiger partial charge in [-0.25, -0.2) is 0 Å². The Morgan fingerprint density at radius 3 is 1.74 bits per heavy atom. The standard InChI is InChI=1S/C21H42O2/c1-5-6-7-8-11-14-17-21(3,4)18-15-12-9-10-13-16-19(2)20(22)23/h19H,5-18H2,1-4H3,(H,22,23). The van der Waals surface area contributed by atoms with E-state index in [1.54, 1.807) is 0 Å². The van der Waals surface area contributed by atoms with Gasteiger partial charge in [-0.3, -0.25) is 4.79 Å². The summed E-state index contributed by atoms with van der Waals surface area (Å²) >= 11 is 0. The summed E-state index contributed by atoms with van der Waals surface area (Å²) < 4.78 is 0. The Morgan fingerprint density at radius 1 is 0.826 bits per heavy atom. The first-order chi connectivity index (χ1) is 10.9. The highest BCUT2D eigenvalue weighted by atomic mass is 16.4. The third kappa shape index (κ3) is 14.8. The van der Waals surface area contributed by atoms with E-state index in [1.165, 1.54) is 77.0 Å². The van der Waals surface area contributed by atoms with Crippen LogP contribution in [-0.2, 0) is 4.79 Å². The fourth-order valence-corrected chi connectivity index (χ4v) is 3.22. The summed E-state index contributed by atoms with van der Waals surface area (Å²) in [5.41, 5.74) is 0.503. The Morgan fingerprint density at radius 2 is 1.26 bits per heavy atom. The second kappa shape index (κ2) is 13.9. The third-order valence-corrected chi connectivity index (χ3v) is 5.12. The Labute approximate surface area is 145 Å². The zero-order valence-electron chi connectivity index (χ0n) is 16.3. The molecule has 0 aromatic rings. The normalized spacial score (nSPS) is 13.2. The summed E-state index contributed by atoms with van der Waals surface area (Å²) in [5.74, 6) is -0.826. The van der Waals surface area contributed by atoms with Crippen LogP contribution in [0.3, 0.4) is 0 Å². The lowest BCUT2D eigenvalue weighted by Crippen LogP contribution is -2.11. The molecule has 138 valence electrons. The second-order valence-corrected chi connectivity index (χ2v) is 8.23. The number of carbonyl (C=O) groups is 1. The van der Waals surface area contributed by atoms with E-state index in [1.807, 2.05) is 6.92 Å². The molecule has 0 bridgehead atoms. The van der Waals surface area contributed by atoms with Crippen molar-refractivity contribution in [1.82, 2.24) is 0 Å². The van der Waals surface area contributed by atoms with Crippen LogP contribution in [0.15, 0.2) is 0 Å². The lowest BCUT2D eigenvalue weighted by atomic mass is 9.81. The van der Waals surface area contributed by atoms with Crippen LogP contribution in [0.2, 0.25) is 0 Å². The van der Waals surface area contributed by atoms with E-state index >= 15 is 0 Å². The van der Waals surface area contributed by atoms with Gasteiger partial charge in [-0.15, -0.1) is 0 Å². The van der Waals surface area contributed by atoms with E-state index in [0.29, 0.717) is 5.41 Å². The predicted octanol–water partition coefficient (Wildman–Crippen LogP) is 7.21. The molecule has 0 fully saturated rings. The molecule has 0 spiro atoms. The minimum atomic E-state index is -0.651. The smallest absolute Gasteiger partial charge is 0.306 e. The van der Waals surface area contributed by atoms with E-state index in [0.717, 1.165) is 12.8 Å². The summed E-state index contributed by atoms with van der Waals surface area (Å²) in [6.07, 6.45) is 18.1. The van der Waals surface area contributed by atoms with Crippen molar-refractivity contribution >= 4 is 5.97 Å². The molecule has 1 unspecified atom stereocenters. The average molecular weight is 327 g/mol. The Balaban J connectivity index is 3.46. The fourth-order valence-electron chi connectivity index (χ4n) is 3.22. The van der Waals surface area contributed by atoms with Crippen molar-refractivity contribution in [1.29, 1.82) is 0 Å². The molecule has 1 atom stereocenters. The zero-order valence-corrected chi connectivity index (χ0v) is 16.3. The molecule has 2 nitrogen and oxygen atoms in total. The molecular formula is C21H42O2. The number of unbranched alkanes of at least 4 members (excludes halogenated alkanes) is 9. The van der Waals surface area contributed by atoms with Gasteiger partial charge in [-0.1, -0.05) is 98.3 Å². The largest absolute Gasteiger partial charge is 0.481 e. The Kier molecular flexibility index (Phi) is 13.5. The third-order valence-electron chi connectivity index (χ3n) is 5.12. The van der Waals surface area contributed by atoms with E-state index in [-0.39, 0.29) is 5.92 Å². The highest BCUT2D eigenvalue weighted by molar-refractivity contribution is 5.69. The highest BCUT2D eigenvalue weighted by Crippen LogP contribution is 2.30. The molecule has 0 aliphatic heterocycles. The molecule has 1 N–H and O–H groups in total. The number of rotatable bonds is 16. The topological polar surface area (TPSA) is 37.3 Å². The van der Waals surface area contributed by atoms with Crippen molar-refractivity contribution in [2.75, 3.05) is 0 Å². The van der Waals surface area contributed by atoms with Crippen molar-refractivity contribution in [3.05, 3.63) is 0 Å². The molecule has 0 aromatic carbocycles. The molecule has 0 aromatic heterocycles. The number of aliphatic carboxylic acids is 1. The number of hydrogen-bond donors (Lipinski definition) is 1. The molecule has 0 saturated heterocycles. The minimum absolute atomic E-state index is 0.175. The Hall–Kier alpha value is -0.530. The quantitative estimate of drug-likeness (QED) is 0.304. The maximum Gasteiger partial charge on any atom is 0.306 e. The lowest BCUT2D eigenvalue weighted by molar-refractivity contribution is -0.141. The summed E-state index contributed by atoms with van der Waals surface area (Å²) in [7, 11) is 0. The monoisotopic (exact) mass is 326 g/mol. The first-order valence-corrected chi connectivity index (χ1v) is 10.1. The molecule has 0 rings (SSSR count). The summed E-state index contributed by atoms with van der Waals surface area (Å²) in [6, 6.07) is 0. The SMILES string of the molecule is CCCCCCCCC(C)(C)CCCCCCCC(C)C(=O)O. The van der Waals surface area contributed by atoms with Crippen LogP contribution in [0.1, 0.15) is 118 Å². The minimum Gasteiger partial charge on any atom is -0.481 e. The van der Waals surface area contributed by atoms with Crippen LogP contribution in [0.4, 0.5) is 0 Å². The zero-order chi connectivity index (χ0) is 17.6. The van der Waals surface area contributed by atoms with Gasteiger partial charge in [0.2, 0.25) is 0 Å². The summed E-state index contributed by atoms with van der Waals surface area (Å²) in [6.45, 7) is 8.93. The van der Waals surface area contributed by atoms with E-state index < -0.39 is 5.97 Å². The van der Waals surface area contributed by atoms with Crippen LogP contribution >= 0.6 is 0 Å². The van der Waals surface area contributed by atoms with E-state index in [9.17, 15) is 4.79 Å². The molecule has 0 heterocycles. The van der Waals surface area contributed by atoms with Crippen molar-refractivity contribution in [3.63, 3.8) is 0 Å². The van der Waals surface area contributed by atoms with Crippen LogP contribution in [0, 0.1) is 11.3 Å². The van der Waals surface area contributed by atoms with E-state index in [4.69, 9.17) is 5.11 Å². The van der Waals surface area contributed by atoms with Gasteiger partial charge in [0.15, 0.2) is 0 Å². The lowest BCUT2D eigenvalue weighted by Gasteiger charge is -2.24. The molecule has 2 heteroatoms. The van der Waals surface area contributed by atoms with Crippen LogP contribution in [0.25, 0.3) is 0 Å². The van der Waals surface area contributed by atoms with Gasteiger partial charge in [-0.2, -0.15) is 0 Å². The first-order valence-electron chi connectivity index (χ1n) is 10.1. The van der Waals surface area contributed by atoms with Crippen molar-refractivity contribution < 1.29 is 9.90 Å². The average Bonchev–Trinajstić information content (AvgIpc) is 2.49. The van der Waals surface area contributed by atoms with Gasteiger partial charge in [0.1, 0.15) is 0 Å². The van der Waals surface area contributed by atoms with Gasteiger partial charge in [0, 0.05) is 0 Å². The number of carboxylic acid groups (broad SMARTS) is 1. The molecule has 0 amide bonds. The predicted molar refractivity (Wildman–Crippen MR) is 101 cm³/mol. The van der Waals surface area contributed by atoms with E-state index in [2.05, 4.69) is 20.8 Å². The van der Waals surface area contributed by atoms with Crippen molar-refractivity contribution in [3.8, 4) is 0 Å². The highest BCUT2D eigenvalue weighted by Gasteiger charge is 2.16. The number of carboxylic acids is 1. The van der Waals surface area contributed by atoms with Crippen molar-refractivity contribution in [2.45, 2.75) is 118 Å². The molecular weight excluding hydrogens is 284 g/mol. The van der Waals surface area contributed by atoms with Gasteiger partial charge in [0.05, 0.1) is 5.92 Å². The fraction of sp³-hybridized carbons (Fsp3) is 0.952. The number of hydrogen-bond acceptors (Lipinski definition) is 1. The molecule has 23 heavy (non-hydrogen) atoms. The summed E-state index contributed by atoms with van der Waals surface area (Å²) in [5, 5.41) is 8.84. The van der Waals surface area contributed by atoms with Crippen LogP contribution in [-0.4, -0.2) is 11.1 Å².